The number of hydrogen-bond acceptors (Lipinski definition) is 3. The molecule has 1 aliphatic heterocycles. The van der Waals surface area contributed by atoms with E-state index in [2.05, 4.69) is 4.31 Å². The van der Waals surface area contributed by atoms with Gasteiger partial charge in [-0.25, -0.2) is 4.31 Å². The van der Waals surface area contributed by atoms with Crippen molar-refractivity contribution in [1.29, 1.82) is 0 Å². The Morgan fingerprint density at radius 3 is 2.86 bits per heavy atom. The molecule has 0 radical (unpaired) electrons. The first kappa shape index (κ1) is 5.00. The smallest absolute Gasteiger partial charge is 0.0783 e. The van der Waals surface area contributed by atoms with Gasteiger partial charge in [-0.3, -0.25) is 0 Å². The molecular weight excluding hydrogens is 108 g/mol. The van der Waals surface area contributed by atoms with Crippen molar-refractivity contribution in [2.45, 2.75) is 0 Å². The van der Waals surface area contributed by atoms with E-state index in [-0.39, 0.29) is 0 Å². The predicted molar refractivity (Wildman–Crippen MR) is 32.5 cm³/mol. The summed E-state index contributed by atoms with van der Waals surface area (Å²) in [7, 11) is 2.01. The number of nitrogens with two attached hydrogens (primary N) is 1. The van der Waals surface area contributed by atoms with Gasteiger partial charge in [-0.2, -0.15) is 0 Å². The molecule has 0 amide bonds. The van der Waals surface area contributed by atoms with Crippen LogP contribution in [0, 0.1) is 0 Å². The van der Waals surface area contributed by atoms with Crippen LogP contribution in [0.1, 0.15) is 0 Å². The van der Waals surface area contributed by atoms with Crippen LogP contribution in [-0.4, -0.2) is 17.9 Å². The highest BCUT2D eigenvalue weighted by Gasteiger charge is 2.05. The number of likely N-dealkylation sites (N-methyl/N-ethyl adjacent to an activating group) is 1. The summed E-state index contributed by atoms with van der Waals surface area (Å²) in [5.41, 5.74) is 5.41. The van der Waals surface area contributed by atoms with Crippen LogP contribution in [0.3, 0.4) is 0 Å². The van der Waals surface area contributed by atoms with E-state index in [1.165, 1.54) is 0 Å². The van der Waals surface area contributed by atoms with Crippen molar-refractivity contribution >= 4 is 11.9 Å². The van der Waals surface area contributed by atoms with Gasteiger partial charge in [-0.05, 0) is 25.1 Å². The minimum atomic E-state index is 0.919. The van der Waals surface area contributed by atoms with Crippen molar-refractivity contribution in [3.63, 3.8) is 0 Å². The molecule has 0 bridgehead atoms. The van der Waals surface area contributed by atoms with Crippen molar-refractivity contribution in [3.8, 4) is 0 Å². The van der Waals surface area contributed by atoms with Crippen molar-refractivity contribution in [3.05, 3.63) is 11.1 Å². The lowest BCUT2D eigenvalue weighted by atomic mass is 10.6. The van der Waals surface area contributed by atoms with Crippen molar-refractivity contribution in [2.75, 3.05) is 13.6 Å². The van der Waals surface area contributed by atoms with E-state index in [1.54, 1.807) is 11.9 Å². The Bertz CT molecular complexity index is 99.9. The lowest BCUT2D eigenvalue weighted by Crippen LogP contribution is -2.02. The maximum absolute atomic E-state index is 5.41. The summed E-state index contributed by atoms with van der Waals surface area (Å²) in [4.78, 5) is 0. The summed E-state index contributed by atoms with van der Waals surface area (Å²) < 4.78 is 2.08. The summed E-state index contributed by atoms with van der Waals surface area (Å²) >= 11 is 1.59. The molecule has 0 spiro atoms. The second kappa shape index (κ2) is 1.76. The molecule has 0 aromatic rings. The molecule has 0 aromatic heterocycles. The number of nitrogens with zero attached hydrogens (tertiary/aromatic N) is 1. The summed E-state index contributed by atoms with van der Waals surface area (Å²) in [6.07, 6.45) is 2.00. The van der Waals surface area contributed by atoms with E-state index in [0.717, 1.165) is 11.6 Å². The Balaban J connectivity index is 2.42. The molecule has 3 heteroatoms. The fourth-order valence-corrected chi connectivity index (χ4v) is 1.13. The van der Waals surface area contributed by atoms with Crippen molar-refractivity contribution in [2.24, 2.45) is 5.73 Å². The molecule has 2 nitrogen and oxygen atoms in total. The predicted octanol–water partition coefficient (Wildman–Crippen LogP) is 0.380. The Kier molecular flexibility index (Phi) is 1.25. The van der Waals surface area contributed by atoms with E-state index in [1.807, 2.05) is 13.1 Å². The summed E-state index contributed by atoms with van der Waals surface area (Å²) in [5, 5.41) is 0.919. The third-order valence-corrected chi connectivity index (χ3v) is 1.65. The summed E-state index contributed by atoms with van der Waals surface area (Å²) in [6.45, 7) is 0.983. The minimum Gasteiger partial charge on any atom is -0.393 e. The normalized spacial score (nSPS) is 22.7. The molecule has 1 aliphatic rings. The zero-order valence-electron chi connectivity index (χ0n) is 4.22. The van der Waals surface area contributed by atoms with Crippen LogP contribution < -0.4 is 5.73 Å². The maximum Gasteiger partial charge on any atom is 0.0783 e. The van der Waals surface area contributed by atoms with Gasteiger partial charge in [0.1, 0.15) is 0 Å². The number of rotatable bonds is 0. The lowest BCUT2D eigenvalue weighted by Gasteiger charge is -2.01. The van der Waals surface area contributed by atoms with Gasteiger partial charge in [0.25, 0.3) is 0 Å². The van der Waals surface area contributed by atoms with E-state index < -0.39 is 0 Å². The van der Waals surface area contributed by atoms with E-state index in [4.69, 9.17) is 5.73 Å². The highest BCUT2D eigenvalue weighted by molar-refractivity contribution is 8.01. The second-order valence-electron chi connectivity index (χ2n) is 1.51. The second-order valence-corrected chi connectivity index (χ2v) is 2.79. The molecule has 1 heterocycles. The molecule has 40 valence electrons. The average molecular weight is 116 g/mol. The minimum absolute atomic E-state index is 0.919. The Morgan fingerprint density at radius 2 is 2.71 bits per heavy atom. The Morgan fingerprint density at radius 1 is 2.00 bits per heavy atom. The standard InChI is InChI=1S/C4H8N2S/c1-6-3-2-4(5)7-6/h2H,3,5H2,1H3. The maximum atomic E-state index is 5.41. The van der Waals surface area contributed by atoms with Crippen LogP contribution in [-0.2, 0) is 0 Å². The molecule has 1 rings (SSSR count). The zero-order valence-corrected chi connectivity index (χ0v) is 5.03. The van der Waals surface area contributed by atoms with E-state index >= 15 is 0 Å². The molecule has 2 N–H and O–H groups in total. The van der Waals surface area contributed by atoms with Crippen LogP contribution in [0.4, 0.5) is 0 Å². The molecular formula is C4H8N2S. The number of hydrogen-bond donors (Lipinski definition) is 1. The molecule has 0 unspecified atom stereocenters. The molecule has 0 atom stereocenters. The van der Waals surface area contributed by atoms with Crippen LogP contribution in [0.15, 0.2) is 11.1 Å². The largest absolute Gasteiger partial charge is 0.393 e. The van der Waals surface area contributed by atoms with Crippen LogP contribution in [0.2, 0.25) is 0 Å². The third-order valence-electron chi connectivity index (χ3n) is 0.811. The summed E-state index contributed by atoms with van der Waals surface area (Å²) in [5.74, 6) is 0. The Labute approximate surface area is 47.5 Å². The molecule has 7 heavy (non-hydrogen) atoms. The third kappa shape index (κ3) is 1.11. The van der Waals surface area contributed by atoms with Gasteiger partial charge in [0.05, 0.1) is 5.03 Å². The topological polar surface area (TPSA) is 29.3 Å². The zero-order chi connectivity index (χ0) is 5.28. The van der Waals surface area contributed by atoms with Crippen molar-refractivity contribution < 1.29 is 0 Å². The highest BCUT2D eigenvalue weighted by Crippen LogP contribution is 2.19. The van der Waals surface area contributed by atoms with Gasteiger partial charge < -0.3 is 5.73 Å². The first-order valence-electron chi connectivity index (χ1n) is 2.14. The van der Waals surface area contributed by atoms with E-state index in [0.29, 0.717) is 0 Å². The highest BCUT2D eigenvalue weighted by atomic mass is 32.2. The van der Waals surface area contributed by atoms with Gasteiger partial charge in [-0.15, -0.1) is 0 Å². The fourth-order valence-electron chi connectivity index (χ4n) is 0.473. The van der Waals surface area contributed by atoms with Gasteiger partial charge in [0.2, 0.25) is 0 Å². The average Bonchev–Trinajstić information content (AvgIpc) is 1.87. The van der Waals surface area contributed by atoms with Crippen LogP contribution in [0.25, 0.3) is 0 Å². The molecule has 0 aromatic carbocycles. The molecule has 0 saturated carbocycles. The summed E-state index contributed by atoms with van der Waals surface area (Å²) in [6, 6.07) is 0. The Hall–Kier alpha value is -0.150. The monoisotopic (exact) mass is 116 g/mol. The van der Waals surface area contributed by atoms with Crippen LogP contribution >= 0.6 is 11.9 Å². The quantitative estimate of drug-likeness (QED) is 0.464. The van der Waals surface area contributed by atoms with Gasteiger partial charge in [0, 0.05) is 6.54 Å². The first-order chi connectivity index (χ1) is 3.29. The van der Waals surface area contributed by atoms with E-state index in [9.17, 15) is 0 Å². The fraction of sp³-hybridized carbons (Fsp3) is 0.500. The molecule has 0 aliphatic carbocycles. The van der Waals surface area contributed by atoms with Gasteiger partial charge in [-0.1, -0.05) is 0 Å². The molecule has 0 saturated heterocycles. The lowest BCUT2D eigenvalue weighted by molar-refractivity contribution is 0.650. The van der Waals surface area contributed by atoms with Gasteiger partial charge >= 0.3 is 0 Å². The van der Waals surface area contributed by atoms with Crippen LogP contribution in [0.5, 0.6) is 0 Å². The van der Waals surface area contributed by atoms with Gasteiger partial charge in [0.15, 0.2) is 0 Å². The molecule has 0 fully saturated rings. The first-order valence-corrected chi connectivity index (χ1v) is 2.91. The SMILES string of the molecule is CN1CC=C(N)S1. The van der Waals surface area contributed by atoms with Crippen molar-refractivity contribution in [1.82, 2.24) is 4.31 Å².